The van der Waals surface area contributed by atoms with E-state index in [0.29, 0.717) is 16.9 Å². The van der Waals surface area contributed by atoms with Crippen molar-refractivity contribution in [3.63, 3.8) is 0 Å². The SMILES string of the molecule is CCN1CCN(C[C@@H]2CN(c3ccc4cccc(Cl)c4n3)C[C@@H]2CO)CC1. The summed E-state index contributed by atoms with van der Waals surface area (Å²) < 4.78 is 0. The van der Waals surface area contributed by atoms with Gasteiger partial charge in [0.1, 0.15) is 5.82 Å². The summed E-state index contributed by atoms with van der Waals surface area (Å²) in [4.78, 5) is 12.2. The predicted octanol–water partition coefficient (Wildman–Crippen LogP) is 2.57. The van der Waals surface area contributed by atoms with Crippen LogP contribution in [0.25, 0.3) is 10.9 Å². The van der Waals surface area contributed by atoms with Gasteiger partial charge in [0.2, 0.25) is 0 Å². The lowest BCUT2D eigenvalue weighted by Crippen LogP contribution is -2.48. The third-order valence-electron chi connectivity index (χ3n) is 6.20. The molecule has 2 aliphatic rings. The van der Waals surface area contributed by atoms with Gasteiger partial charge in [0, 0.05) is 63.7 Å². The zero-order valence-corrected chi connectivity index (χ0v) is 16.8. The lowest BCUT2D eigenvalue weighted by Gasteiger charge is -2.36. The molecular formula is C21H29ClN4O. The van der Waals surface area contributed by atoms with Gasteiger partial charge >= 0.3 is 0 Å². The van der Waals surface area contributed by atoms with Crippen LogP contribution < -0.4 is 4.90 Å². The van der Waals surface area contributed by atoms with Gasteiger partial charge in [0.15, 0.2) is 0 Å². The molecule has 0 radical (unpaired) electrons. The second kappa shape index (κ2) is 8.31. The Labute approximate surface area is 166 Å². The molecule has 1 N–H and O–H groups in total. The van der Waals surface area contributed by atoms with Gasteiger partial charge in [0.05, 0.1) is 10.5 Å². The van der Waals surface area contributed by atoms with Crippen LogP contribution in [0.1, 0.15) is 6.92 Å². The van der Waals surface area contributed by atoms with Crippen LogP contribution in [-0.4, -0.2) is 78.9 Å². The Hall–Kier alpha value is -1.40. The first-order valence-electron chi connectivity index (χ1n) is 10.0. The number of pyridine rings is 1. The Morgan fingerprint density at radius 3 is 2.52 bits per heavy atom. The summed E-state index contributed by atoms with van der Waals surface area (Å²) in [6.45, 7) is 11.1. The highest BCUT2D eigenvalue weighted by Crippen LogP contribution is 2.30. The third kappa shape index (κ3) is 4.06. The van der Waals surface area contributed by atoms with Crippen LogP contribution in [0.5, 0.6) is 0 Å². The molecule has 2 aliphatic heterocycles. The van der Waals surface area contributed by atoms with E-state index in [-0.39, 0.29) is 6.61 Å². The Bertz CT molecular complexity index is 778. The summed E-state index contributed by atoms with van der Waals surface area (Å²) >= 11 is 6.34. The van der Waals surface area contributed by atoms with Gasteiger partial charge in [-0.15, -0.1) is 0 Å². The number of piperazine rings is 1. The van der Waals surface area contributed by atoms with Crippen LogP contribution in [0.4, 0.5) is 5.82 Å². The average Bonchev–Trinajstić information content (AvgIpc) is 3.11. The van der Waals surface area contributed by atoms with E-state index in [4.69, 9.17) is 16.6 Å². The molecule has 0 aliphatic carbocycles. The minimum atomic E-state index is 0.241. The number of hydrogen-bond acceptors (Lipinski definition) is 5. The second-order valence-corrected chi connectivity index (χ2v) is 8.23. The molecule has 146 valence electrons. The molecule has 2 saturated heterocycles. The number of likely N-dealkylation sites (N-methyl/N-ethyl adjacent to an activating group) is 1. The standard InChI is InChI=1S/C21H29ClN4O/c1-2-24-8-10-25(11-9-24)12-17-13-26(14-18(17)15-27)20-7-6-16-4-3-5-19(22)21(16)23-20/h3-7,17-18,27H,2,8-15H2,1H3/t17-,18-/m1/s1. The van der Waals surface area contributed by atoms with Gasteiger partial charge in [-0.25, -0.2) is 4.98 Å². The molecule has 0 saturated carbocycles. The quantitative estimate of drug-likeness (QED) is 0.852. The van der Waals surface area contributed by atoms with E-state index in [1.165, 1.54) is 0 Å². The van der Waals surface area contributed by atoms with E-state index in [1.807, 2.05) is 18.2 Å². The predicted molar refractivity (Wildman–Crippen MR) is 112 cm³/mol. The number of aromatic nitrogens is 1. The van der Waals surface area contributed by atoms with Crippen molar-refractivity contribution >= 4 is 28.3 Å². The molecule has 0 bridgehead atoms. The molecule has 3 heterocycles. The highest BCUT2D eigenvalue weighted by Gasteiger charge is 2.34. The monoisotopic (exact) mass is 388 g/mol. The number of rotatable bonds is 5. The number of aliphatic hydroxyl groups is 1. The molecule has 1 aromatic heterocycles. The summed E-state index contributed by atoms with van der Waals surface area (Å²) in [6.07, 6.45) is 0. The van der Waals surface area contributed by atoms with Gasteiger partial charge in [-0.1, -0.05) is 30.7 Å². The number of para-hydroxylation sites is 1. The van der Waals surface area contributed by atoms with Gasteiger partial charge in [-0.05, 0) is 30.7 Å². The molecule has 2 fully saturated rings. The highest BCUT2D eigenvalue weighted by molar-refractivity contribution is 6.35. The first-order chi connectivity index (χ1) is 13.2. The average molecular weight is 389 g/mol. The number of nitrogens with zero attached hydrogens (tertiary/aromatic N) is 4. The summed E-state index contributed by atoms with van der Waals surface area (Å²) in [7, 11) is 0. The molecule has 1 aromatic carbocycles. The smallest absolute Gasteiger partial charge is 0.129 e. The van der Waals surface area contributed by atoms with Crippen LogP contribution in [0.3, 0.4) is 0 Å². The van der Waals surface area contributed by atoms with Gasteiger partial charge in [-0.2, -0.15) is 0 Å². The van der Waals surface area contributed by atoms with E-state index >= 15 is 0 Å². The summed E-state index contributed by atoms with van der Waals surface area (Å²) in [6, 6.07) is 10.1. The maximum Gasteiger partial charge on any atom is 0.129 e. The van der Waals surface area contributed by atoms with Gasteiger partial charge in [0.25, 0.3) is 0 Å². The fourth-order valence-electron chi connectivity index (χ4n) is 4.44. The number of anilines is 1. The molecule has 2 aromatic rings. The number of halogens is 1. The van der Waals surface area contributed by atoms with Crippen LogP contribution >= 0.6 is 11.6 Å². The van der Waals surface area contributed by atoms with Crippen molar-refractivity contribution in [1.82, 2.24) is 14.8 Å². The maximum atomic E-state index is 9.93. The number of fused-ring (bicyclic) bond motifs is 1. The molecule has 5 nitrogen and oxygen atoms in total. The van der Waals surface area contributed by atoms with E-state index in [9.17, 15) is 5.11 Å². The first kappa shape index (κ1) is 18.9. The molecule has 4 rings (SSSR count). The van der Waals surface area contributed by atoms with Crippen molar-refractivity contribution in [2.24, 2.45) is 11.8 Å². The largest absolute Gasteiger partial charge is 0.396 e. The Kier molecular flexibility index (Phi) is 5.83. The van der Waals surface area contributed by atoms with Crippen molar-refractivity contribution in [2.45, 2.75) is 6.92 Å². The minimum Gasteiger partial charge on any atom is -0.396 e. The zero-order chi connectivity index (χ0) is 18.8. The van der Waals surface area contributed by atoms with Crippen molar-refractivity contribution in [1.29, 1.82) is 0 Å². The van der Waals surface area contributed by atoms with E-state index in [0.717, 1.165) is 69.1 Å². The molecule has 27 heavy (non-hydrogen) atoms. The second-order valence-electron chi connectivity index (χ2n) is 7.82. The Morgan fingerprint density at radius 1 is 1.04 bits per heavy atom. The Balaban J connectivity index is 1.45. The normalized spacial score (nSPS) is 24.8. The third-order valence-corrected chi connectivity index (χ3v) is 6.50. The maximum absolute atomic E-state index is 9.93. The van der Waals surface area contributed by atoms with Gasteiger partial charge in [-0.3, -0.25) is 0 Å². The van der Waals surface area contributed by atoms with Crippen molar-refractivity contribution in [3.8, 4) is 0 Å². The lowest BCUT2D eigenvalue weighted by molar-refractivity contribution is 0.106. The number of hydrogen-bond donors (Lipinski definition) is 1. The van der Waals surface area contributed by atoms with Crippen molar-refractivity contribution < 1.29 is 5.11 Å². The number of aliphatic hydroxyl groups excluding tert-OH is 1. The summed E-state index contributed by atoms with van der Waals surface area (Å²) in [5.74, 6) is 1.75. The molecule has 0 amide bonds. The van der Waals surface area contributed by atoms with Gasteiger partial charge < -0.3 is 19.8 Å². The van der Waals surface area contributed by atoms with E-state index < -0.39 is 0 Å². The molecule has 0 unspecified atom stereocenters. The molecule has 0 spiro atoms. The molecule has 2 atom stereocenters. The van der Waals surface area contributed by atoms with Crippen LogP contribution in [0, 0.1) is 11.8 Å². The fraction of sp³-hybridized carbons (Fsp3) is 0.571. The van der Waals surface area contributed by atoms with Crippen molar-refractivity contribution in [2.75, 3.05) is 63.9 Å². The molecule has 6 heteroatoms. The van der Waals surface area contributed by atoms with E-state index in [1.54, 1.807) is 0 Å². The minimum absolute atomic E-state index is 0.241. The fourth-order valence-corrected chi connectivity index (χ4v) is 4.66. The van der Waals surface area contributed by atoms with Crippen LogP contribution in [0.15, 0.2) is 30.3 Å². The topological polar surface area (TPSA) is 42.8 Å². The molecular weight excluding hydrogens is 360 g/mol. The lowest BCUT2D eigenvalue weighted by atomic mass is 9.96. The van der Waals surface area contributed by atoms with E-state index in [2.05, 4.69) is 33.8 Å². The zero-order valence-electron chi connectivity index (χ0n) is 16.0. The highest BCUT2D eigenvalue weighted by atomic mass is 35.5. The summed E-state index contributed by atoms with van der Waals surface area (Å²) in [5, 5.41) is 11.7. The van der Waals surface area contributed by atoms with Crippen LogP contribution in [0.2, 0.25) is 5.02 Å². The Morgan fingerprint density at radius 2 is 1.78 bits per heavy atom. The van der Waals surface area contributed by atoms with Crippen LogP contribution in [-0.2, 0) is 0 Å². The number of benzene rings is 1. The summed E-state index contributed by atoms with van der Waals surface area (Å²) in [5.41, 5.74) is 0.858. The first-order valence-corrected chi connectivity index (χ1v) is 10.4. The van der Waals surface area contributed by atoms with Crippen molar-refractivity contribution in [3.05, 3.63) is 35.4 Å².